The fraction of sp³-hybridized carbons (Fsp3) is 0.692. The van der Waals surface area contributed by atoms with Gasteiger partial charge in [-0.2, -0.15) is 0 Å². The molecule has 1 fully saturated rings. The third kappa shape index (κ3) is 4.27. The Morgan fingerprint density at radius 1 is 1.07 bits per heavy atom. The smallest absolute Gasteiger partial charge is 0.0687 e. The van der Waals surface area contributed by atoms with Gasteiger partial charge in [-0.15, -0.1) is 0 Å². The van der Waals surface area contributed by atoms with Crippen molar-refractivity contribution < 1.29 is 0 Å². The van der Waals surface area contributed by atoms with Crippen LogP contribution in [0.2, 0.25) is 19.6 Å². The van der Waals surface area contributed by atoms with Crippen LogP contribution in [0.4, 0.5) is 0 Å². The lowest BCUT2D eigenvalue weighted by Crippen LogP contribution is -2.15. The van der Waals surface area contributed by atoms with Crippen LogP contribution in [0.3, 0.4) is 0 Å². The van der Waals surface area contributed by atoms with Crippen molar-refractivity contribution in [3.63, 3.8) is 0 Å². The first-order valence-corrected chi connectivity index (χ1v) is 9.45. The molecule has 0 amide bonds. The highest BCUT2D eigenvalue weighted by molar-refractivity contribution is 6.81. The van der Waals surface area contributed by atoms with Crippen LogP contribution in [0, 0.1) is 0 Å². The van der Waals surface area contributed by atoms with E-state index >= 15 is 0 Å². The number of allylic oxidation sites excluding steroid dienone is 3. The van der Waals surface area contributed by atoms with Gasteiger partial charge in [0.25, 0.3) is 0 Å². The van der Waals surface area contributed by atoms with E-state index in [2.05, 4.69) is 38.3 Å². The first-order valence-electron chi connectivity index (χ1n) is 5.87. The minimum Gasteiger partial charge on any atom is -0.0947 e. The molecule has 0 aromatic rings. The summed E-state index contributed by atoms with van der Waals surface area (Å²) in [6.07, 6.45) is 9.34. The predicted molar refractivity (Wildman–Crippen MR) is 68.3 cm³/mol. The standard InChI is InChI=1S/C13H24Si/c1-12(10-11-14(2,3)4)13-8-6-5-7-9-13/h10-11H,5-9H2,1-4H3/b11-10+. The Morgan fingerprint density at radius 2 is 1.64 bits per heavy atom. The first kappa shape index (κ1) is 11.8. The zero-order chi connectivity index (χ0) is 10.6. The van der Waals surface area contributed by atoms with Gasteiger partial charge in [-0.25, -0.2) is 0 Å². The van der Waals surface area contributed by atoms with Gasteiger partial charge in [-0.05, 0) is 32.6 Å². The van der Waals surface area contributed by atoms with Crippen LogP contribution >= 0.6 is 0 Å². The molecule has 0 atom stereocenters. The van der Waals surface area contributed by atoms with Crippen molar-refractivity contribution in [3.8, 4) is 0 Å². The molecule has 0 aromatic carbocycles. The van der Waals surface area contributed by atoms with Gasteiger partial charge >= 0.3 is 0 Å². The Balaban J connectivity index is 2.62. The summed E-state index contributed by atoms with van der Waals surface area (Å²) in [6.45, 7) is 9.46. The molecule has 0 bridgehead atoms. The number of hydrogen-bond acceptors (Lipinski definition) is 0. The number of hydrogen-bond donors (Lipinski definition) is 0. The largest absolute Gasteiger partial charge is 0.0947 e. The van der Waals surface area contributed by atoms with Crippen molar-refractivity contribution in [2.24, 2.45) is 0 Å². The summed E-state index contributed by atoms with van der Waals surface area (Å²) in [5.74, 6) is 0. The van der Waals surface area contributed by atoms with Crippen molar-refractivity contribution in [2.45, 2.75) is 58.7 Å². The van der Waals surface area contributed by atoms with E-state index in [1.165, 1.54) is 32.1 Å². The van der Waals surface area contributed by atoms with E-state index in [1.54, 1.807) is 11.1 Å². The molecule has 0 nitrogen and oxygen atoms in total. The summed E-state index contributed by atoms with van der Waals surface area (Å²) >= 11 is 0. The molecule has 1 rings (SSSR count). The van der Waals surface area contributed by atoms with E-state index in [0.717, 1.165) is 0 Å². The van der Waals surface area contributed by atoms with Gasteiger partial charge in [0.05, 0.1) is 8.07 Å². The number of rotatable bonds is 2. The Kier molecular flexibility index (Phi) is 4.18. The lowest BCUT2D eigenvalue weighted by molar-refractivity contribution is 0.595. The molecule has 1 aliphatic rings. The second kappa shape index (κ2) is 4.97. The summed E-state index contributed by atoms with van der Waals surface area (Å²) in [5.41, 5.74) is 5.72. The Labute approximate surface area is 90.1 Å². The van der Waals surface area contributed by atoms with Crippen molar-refractivity contribution in [1.29, 1.82) is 0 Å². The highest BCUT2D eigenvalue weighted by Crippen LogP contribution is 2.26. The normalized spacial score (nSPS) is 19.0. The average Bonchev–Trinajstić information content (AvgIpc) is 2.14. The molecule has 0 spiro atoms. The van der Waals surface area contributed by atoms with Gasteiger partial charge in [0.15, 0.2) is 0 Å². The van der Waals surface area contributed by atoms with Crippen LogP contribution < -0.4 is 0 Å². The monoisotopic (exact) mass is 208 g/mol. The molecule has 0 radical (unpaired) electrons. The Hall–Kier alpha value is -0.303. The molecule has 0 unspecified atom stereocenters. The second-order valence-corrected chi connectivity index (χ2v) is 10.6. The minimum absolute atomic E-state index is 0.998. The van der Waals surface area contributed by atoms with Gasteiger partial charge in [-0.3, -0.25) is 0 Å². The average molecular weight is 208 g/mol. The maximum atomic E-state index is 2.46. The molecule has 1 saturated carbocycles. The Bertz CT molecular complexity index is 232. The van der Waals surface area contributed by atoms with Crippen LogP contribution in [0.25, 0.3) is 0 Å². The molecule has 1 heteroatoms. The van der Waals surface area contributed by atoms with E-state index in [4.69, 9.17) is 0 Å². The van der Waals surface area contributed by atoms with Gasteiger partial charge in [0, 0.05) is 0 Å². The summed E-state index contributed by atoms with van der Waals surface area (Å²) in [6, 6.07) is 0. The molecule has 0 N–H and O–H groups in total. The van der Waals surface area contributed by atoms with E-state index in [0.29, 0.717) is 0 Å². The summed E-state index contributed by atoms with van der Waals surface area (Å²) < 4.78 is 0. The molecule has 0 aromatic heterocycles. The van der Waals surface area contributed by atoms with Crippen LogP contribution in [0.15, 0.2) is 22.9 Å². The summed E-state index contributed by atoms with van der Waals surface area (Å²) in [4.78, 5) is 0. The van der Waals surface area contributed by atoms with E-state index in [-0.39, 0.29) is 0 Å². The van der Waals surface area contributed by atoms with Gasteiger partial charge in [0.2, 0.25) is 0 Å². The minimum atomic E-state index is -0.998. The lowest BCUT2D eigenvalue weighted by atomic mass is 9.91. The van der Waals surface area contributed by atoms with E-state index < -0.39 is 8.07 Å². The molecule has 0 saturated heterocycles. The molecule has 1 aliphatic carbocycles. The molecule has 0 heterocycles. The molecule has 80 valence electrons. The summed E-state index contributed by atoms with van der Waals surface area (Å²) in [5, 5.41) is 0. The van der Waals surface area contributed by atoms with Crippen LogP contribution in [0.5, 0.6) is 0 Å². The molecular weight excluding hydrogens is 184 g/mol. The van der Waals surface area contributed by atoms with Gasteiger partial charge in [-0.1, -0.05) is 49.0 Å². The lowest BCUT2D eigenvalue weighted by Gasteiger charge is -2.16. The van der Waals surface area contributed by atoms with E-state index in [9.17, 15) is 0 Å². The SMILES string of the molecule is CC(/C=C/[Si](C)(C)C)=C1CCCCC1. The van der Waals surface area contributed by atoms with Crippen LogP contribution in [-0.2, 0) is 0 Å². The van der Waals surface area contributed by atoms with Crippen LogP contribution in [-0.4, -0.2) is 8.07 Å². The van der Waals surface area contributed by atoms with Gasteiger partial charge < -0.3 is 0 Å². The Morgan fingerprint density at radius 3 is 2.14 bits per heavy atom. The maximum absolute atomic E-state index is 2.46. The zero-order valence-electron chi connectivity index (χ0n) is 10.2. The third-order valence-corrected chi connectivity index (χ3v) is 4.01. The van der Waals surface area contributed by atoms with Crippen molar-refractivity contribution in [3.05, 3.63) is 22.9 Å². The second-order valence-electron chi connectivity index (χ2n) is 5.55. The fourth-order valence-electron chi connectivity index (χ4n) is 1.87. The highest BCUT2D eigenvalue weighted by Gasteiger charge is 2.09. The van der Waals surface area contributed by atoms with Crippen molar-refractivity contribution >= 4 is 8.07 Å². The van der Waals surface area contributed by atoms with E-state index in [1.807, 2.05) is 0 Å². The zero-order valence-corrected chi connectivity index (χ0v) is 11.2. The van der Waals surface area contributed by atoms with Crippen LogP contribution in [0.1, 0.15) is 39.0 Å². The molecule has 0 aliphatic heterocycles. The topological polar surface area (TPSA) is 0 Å². The quantitative estimate of drug-likeness (QED) is 0.577. The fourth-order valence-corrected chi connectivity index (χ4v) is 2.62. The first-order chi connectivity index (χ1) is 6.49. The highest BCUT2D eigenvalue weighted by atomic mass is 28.3. The van der Waals surface area contributed by atoms with Crippen molar-refractivity contribution in [2.75, 3.05) is 0 Å². The summed E-state index contributed by atoms with van der Waals surface area (Å²) in [7, 11) is -0.998. The predicted octanol–water partition coefficient (Wildman–Crippen LogP) is 4.70. The van der Waals surface area contributed by atoms with Gasteiger partial charge in [0.1, 0.15) is 0 Å². The maximum Gasteiger partial charge on any atom is 0.0687 e. The third-order valence-electron chi connectivity index (χ3n) is 2.85. The van der Waals surface area contributed by atoms with Crippen molar-refractivity contribution in [1.82, 2.24) is 0 Å². The molecular formula is C13H24Si. The molecule has 14 heavy (non-hydrogen) atoms.